The molecule has 0 aliphatic rings. The predicted octanol–water partition coefficient (Wildman–Crippen LogP) is 1.99. The molecule has 0 aliphatic heterocycles. The third kappa shape index (κ3) is 3.28. The van der Waals surface area contributed by atoms with Gasteiger partial charge in [0.25, 0.3) is 0 Å². The summed E-state index contributed by atoms with van der Waals surface area (Å²) in [7, 11) is 2.04. The predicted molar refractivity (Wildman–Crippen MR) is 74.6 cm³/mol. The van der Waals surface area contributed by atoms with E-state index in [1.807, 2.05) is 19.2 Å². The number of nitrogens with one attached hydrogen (secondary N) is 1. The van der Waals surface area contributed by atoms with Crippen LogP contribution in [-0.4, -0.2) is 29.3 Å². The number of nitrogens with two attached hydrogens (primary N) is 1. The van der Waals surface area contributed by atoms with Gasteiger partial charge in [-0.2, -0.15) is 0 Å². The van der Waals surface area contributed by atoms with Gasteiger partial charge in [-0.05, 0) is 30.8 Å². The van der Waals surface area contributed by atoms with Crippen LogP contribution in [0.3, 0.4) is 0 Å². The number of benzene rings is 1. The molecule has 94 valence electrons. The zero-order valence-corrected chi connectivity index (χ0v) is 10.6. The SMILES string of the molecule is CN(CCC(=N)N)Cc1ccc2ncccc2c1. The van der Waals surface area contributed by atoms with Crippen molar-refractivity contribution in [2.75, 3.05) is 13.6 Å². The van der Waals surface area contributed by atoms with E-state index < -0.39 is 0 Å². The number of aromatic nitrogens is 1. The van der Waals surface area contributed by atoms with Gasteiger partial charge in [-0.3, -0.25) is 10.4 Å². The van der Waals surface area contributed by atoms with Gasteiger partial charge in [0.15, 0.2) is 0 Å². The zero-order chi connectivity index (χ0) is 13.0. The van der Waals surface area contributed by atoms with E-state index >= 15 is 0 Å². The second kappa shape index (κ2) is 5.60. The van der Waals surface area contributed by atoms with Gasteiger partial charge in [-0.15, -0.1) is 0 Å². The molecule has 3 N–H and O–H groups in total. The van der Waals surface area contributed by atoms with E-state index in [-0.39, 0.29) is 5.84 Å². The Morgan fingerprint density at radius 1 is 1.39 bits per heavy atom. The van der Waals surface area contributed by atoms with Crippen molar-refractivity contribution in [2.24, 2.45) is 5.73 Å². The van der Waals surface area contributed by atoms with Crippen LogP contribution in [0.15, 0.2) is 36.5 Å². The molecule has 1 heterocycles. The topological polar surface area (TPSA) is 66.0 Å². The lowest BCUT2D eigenvalue weighted by Crippen LogP contribution is -2.23. The van der Waals surface area contributed by atoms with Crippen molar-refractivity contribution in [1.82, 2.24) is 9.88 Å². The first-order valence-electron chi connectivity index (χ1n) is 6.00. The maximum Gasteiger partial charge on any atom is 0.0918 e. The molecule has 0 fully saturated rings. The van der Waals surface area contributed by atoms with E-state index in [0.29, 0.717) is 6.42 Å². The van der Waals surface area contributed by atoms with Crippen molar-refractivity contribution in [3.8, 4) is 0 Å². The quantitative estimate of drug-likeness (QED) is 0.622. The normalized spacial score (nSPS) is 11.0. The Labute approximate surface area is 107 Å². The Balaban J connectivity index is 2.05. The summed E-state index contributed by atoms with van der Waals surface area (Å²) in [4.78, 5) is 6.47. The van der Waals surface area contributed by atoms with Crippen LogP contribution in [0.2, 0.25) is 0 Å². The highest BCUT2D eigenvalue weighted by Crippen LogP contribution is 2.14. The average Bonchev–Trinajstić information content (AvgIpc) is 2.36. The van der Waals surface area contributed by atoms with Crippen LogP contribution in [0.5, 0.6) is 0 Å². The molecule has 0 atom stereocenters. The minimum Gasteiger partial charge on any atom is -0.388 e. The molecule has 4 nitrogen and oxygen atoms in total. The number of amidine groups is 1. The van der Waals surface area contributed by atoms with E-state index in [9.17, 15) is 0 Å². The Morgan fingerprint density at radius 3 is 3.00 bits per heavy atom. The Bertz CT molecular complexity index is 550. The molecule has 1 aromatic heterocycles. The van der Waals surface area contributed by atoms with Gasteiger partial charge >= 0.3 is 0 Å². The third-order valence-electron chi connectivity index (χ3n) is 2.88. The second-order valence-electron chi connectivity index (χ2n) is 4.54. The molecule has 2 rings (SSSR count). The summed E-state index contributed by atoms with van der Waals surface area (Å²) < 4.78 is 0. The van der Waals surface area contributed by atoms with Crippen molar-refractivity contribution in [3.05, 3.63) is 42.1 Å². The number of rotatable bonds is 5. The number of nitrogens with zero attached hydrogens (tertiary/aromatic N) is 2. The zero-order valence-electron chi connectivity index (χ0n) is 10.6. The highest BCUT2D eigenvalue weighted by Gasteiger charge is 2.02. The van der Waals surface area contributed by atoms with Gasteiger partial charge in [0.1, 0.15) is 0 Å². The standard InChI is InChI=1S/C14H18N4/c1-18(8-6-14(15)16)10-11-4-5-13-12(9-11)3-2-7-17-13/h2-5,7,9H,6,8,10H2,1H3,(H3,15,16). The molecule has 0 bridgehead atoms. The van der Waals surface area contributed by atoms with Crippen LogP contribution in [0.1, 0.15) is 12.0 Å². The summed E-state index contributed by atoms with van der Waals surface area (Å²) in [6.07, 6.45) is 2.42. The van der Waals surface area contributed by atoms with E-state index in [0.717, 1.165) is 24.0 Å². The Kier molecular flexibility index (Phi) is 3.89. The lowest BCUT2D eigenvalue weighted by molar-refractivity contribution is 0.336. The molecule has 4 heteroatoms. The third-order valence-corrected chi connectivity index (χ3v) is 2.88. The van der Waals surface area contributed by atoms with Gasteiger partial charge < -0.3 is 10.6 Å². The molecule has 0 unspecified atom stereocenters. The van der Waals surface area contributed by atoms with Crippen molar-refractivity contribution in [3.63, 3.8) is 0 Å². The van der Waals surface area contributed by atoms with Crippen LogP contribution >= 0.6 is 0 Å². The van der Waals surface area contributed by atoms with Crippen LogP contribution in [0, 0.1) is 5.41 Å². The van der Waals surface area contributed by atoms with Crippen molar-refractivity contribution in [2.45, 2.75) is 13.0 Å². The Hall–Kier alpha value is -1.94. The van der Waals surface area contributed by atoms with Gasteiger partial charge in [-0.1, -0.05) is 12.1 Å². The first-order valence-corrected chi connectivity index (χ1v) is 6.00. The van der Waals surface area contributed by atoms with Crippen molar-refractivity contribution < 1.29 is 0 Å². The van der Waals surface area contributed by atoms with Crippen LogP contribution in [-0.2, 0) is 6.54 Å². The Morgan fingerprint density at radius 2 is 2.22 bits per heavy atom. The fraction of sp³-hybridized carbons (Fsp3) is 0.286. The molecule has 0 amide bonds. The summed E-state index contributed by atoms with van der Waals surface area (Å²) >= 11 is 0. The highest BCUT2D eigenvalue weighted by atomic mass is 15.1. The molecule has 2 aromatic rings. The summed E-state index contributed by atoms with van der Waals surface area (Å²) in [5.41, 5.74) is 7.63. The van der Waals surface area contributed by atoms with Gasteiger partial charge in [0, 0.05) is 31.1 Å². The molecule has 1 aromatic carbocycles. The summed E-state index contributed by atoms with van der Waals surface area (Å²) in [6, 6.07) is 10.3. The fourth-order valence-electron chi connectivity index (χ4n) is 1.93. The molecular weight excluding hydrogens is 224 g/mol. The van der Waals surface area contributed by atoms with E-state index in [1.165, 1.54) is 5.56 Å². The van der Waals surface area contributed by atoms with E-state index in [4.69, 9.17) is 11.1 Å². The maximum atomic E-state index is 7.22. The lowest BCUT2D eigenvalue weighted by atomic mass is 10.1. The van der Waals surface area contributed by atoms with Gasteiger partial charge in [0.05, 0.1) is 11.4 Å². The van der Waals surface area contributed by atoms with Crippen LogP contribution in [0.25, 0.3) is 10.9 Å². The van der Waals surface area contributed by atoms with Gasteiger partial charge in [0.2, 0.25) is 0 Å². The minimum absolute atomic E-state index is 0.240. The minimum atomic E-state index is 0.240. The summed E-state index contributed by atoms with van der Waals surface area (Å²) in [5, 5.41) is 8.38. The molecular formula is C14H18N4. The van der Waals surface area contributed by atoms with Crippen molar-refractivity contribution >= 4 is 16.7 Å². The number of fused-ring (bicyclic) bond motifs is 1. The number of hydrogen-bond donors (Lipinski definition) is 2. The molecule has 0 spiro atoms. The molecule has 0 saturated carbocycles. The monoisotopic (exact) mass is 242 g/mol. The molecule has 0 radical (unpaired) electrons. The van der Waals surface area contributed by atoms with Crippen molar-refractivity contribution in [1.29, 1.82) is 5.41 Å². The smallest absolute Gasteiger partial charge is 0.0918 e. The van der Waals surface area contributed by atoms with E-state index in [2.05, 4.69) is 28.1 Å². The maximum absolute atomic E-state index is 7.22. The average molecular weight is 242 g/mol. The highest BCUT2D eigenvalue weighted by molar-refractivity contribution is 5.79. The number of hydrogen-bond acceptors (Lipinski definition) is 3. The van der Waals surface area contributed by atoms with E-state index in [1.54, 1.807) is 6.20 Å². The largest absolute Gasteiger partial charge is 0.388 e. The molecule has 0 saturated heterocycles. The van der Waals surface area contributed by atoms with Crippen LogP contribution < -0.4 is 5.73 Å². The molecule has 18 heavy (non-hydrogen) atoms. The van der Waals surface area contributed by atoms with Gasteiger partial charge in [-0.25, -0.2) is 0 Å². The summed E-state index contributed by atoms with van der Waals surface area (Å²) in [6.45, 7) is 1.67. The first-order chi connectivity index (χ1) is 8.65. The van der Waals surface area contributed by atoms with Crippen LogP contribution in [0.4, 0.5) is 0 Å². The number of pyridine rings is 1. The fourth-order valence-corrected chi connectivity index (χ4v) is 1.93. The first kappa shape index (κ1) is 12.5. The lowest BCUT2D eigenvalue weighted by Gasteiger charge is -2.16. The summed E-state index contributed by atoms with van der Waals surface area (Å²) in [5.74, 6) is 0.240. The second-order valence-corrected chi connectivity index (χ2v) is 4.54. The molecule has 0 aliphatic carbocycles.